The summed E-state index contributed by atoms with van der Waals surface area (Å²) in [5.41, 5.74) is 5.80. The summed E-state index contributed by atoms with van der Waals surface area (Å²) in [6, 6.07) is -0.0148. The largest absolute Gasteiger partial charge is 0.340 e. The normalized spacial score (nSPS) is 30.1. The minimum absolute atomic E-state index is 0.0148. The molecular weight excluding hydrogens is 256 g/mol. The van der Waals surface area contributed by atoms with Crippen LogP contribution in [0, 0.1) is 18.8 Å². The highest BCUT2D eigenvalue weighted by molar-refractivity contribution is 5.80. The average molecular weight is 278 g/mol. The van der Waals surface area contributed by atoms with Crippen molar-refractivity contribution in [1.82, 2.24) is 15.0 Å². The van der Waals surface area contributed by atoms with Gasteiger partial charge < -0.3 is 15.2 Å². The molecule has 0 bridgehead atoms. The SMILES string of the molecule is Cc1nc(C2CCCN2C(=O)[C@@H]2CCC[C@@H]2CN)no1. The third kappa shape index (κ3) is 2.32. The van der Waals surface area contributed by atoms with Gasteiger partial charge in [-0.05, 0) is 38.1 Å². The minimum atomic E-state index is -0.0148. The van der Waals surface area contributed by atoms with Gasteiger partial charge in [0, 0.05) is 19.4 Å². The van der Waals surface area contributed by atoms with Crippen LogP contribution in [0.15, 0.2) is 4.52 Å². The van der Waals surface area contributed by atoms with E-state index in [1.54, 1.807) is 6.92 Å². The fraction of sp³-hybridized carbons (Fsp3) is 0.786. The van der Waals surface area contributed by atoms with Crippen molar-refractivity contribution < 1.29 is 9.32 Å². The number of hydrogen-bond acceptors (Lipinski definition) is 5. The molecule has 110 valence electrons. The van der Waals surface area contributed by atoms with Gasteiger partial charge in [-0.1, -0.05) is 11.6 Å². The van der Waals surface area contributed by atoms with Crippen LogP contribution in [0.1, 0.15) is 49.9 Å². The molecule has 0 radical (unpaired) electrons. The van der Waals surface area contributed by atoms with E-state index in [0.29, 0.717) is 24.2 Å². The van der Waals surface area contributed by atoms with E-state index in [2.05, 4.69) is 10.1 Å². The zero-order valence-corrected chi connectivity index (χ0v) is 11.9. The van der Waals surface area contributed by atoms with E-state index in [1.165, 1.54) is 0 Å². The number of amides is 1. The van der Waals surface area contributed by atoms with E-state index in [9.17, 15) is 4.79 Å². The first kappa shape index (κ1) is 13.5. The number of rotatable bonds is 3. The second-order valence-electron chi connectivity index (χ2n) is 5.89. The quantitative estimate of drug-likeness (QED) is 0.903. The van der Waals surface area contributed by atoms with Crippen molar-refractivity contribution >= 4 is 5.91 Å². The second kappa shape index (κ2) is 5.52. The molecule has 0 spiro atoms. The average Bonchev–Trinajstić information content (AvgIpc) is 3.17. The summed E-state index contributed by atoms with van der Waals surface area (Å²) < 4.78 is 5.05. The number of aromatic nitrogens is 2. The number of aryl methyl sites for hydroxylation is 1. The molecule has 1 aromatic rings. The summed E-state index contributed by atoms with van der Waals surface area (Å²) in [4.78, 5) is 19.0. The highest BCUT2D eigenvalue weighted by Gasteiger charge is 2.40. The van der Waals surface area contributed by atoms with Crippen LogP contribution in [0.2, 0.25) is 0 Å². The molecule has 1 unspecified atom stereocenters. The number of nitrogens with two attached hydrogens (primary N) is 1. The molecule has 2 N–H and O–H groups in total. The van der Waals surface area contributed by atoms with Gasteiger partial charge in [0.25, 0.3) is 0 Å². The second-order valence-corrected chi connectivity index (χ2v) is 5.89. The molecule has 1 saturated carbocycles. The van der Waals surface area contributed by atoms with Crippen LogP contribution in [-0.2, 0) is 4.79 Å². The lowest BCUT2D eigenvalue weighted by molar-refractivity contribution is -0.137. The molecule has 1 amide bonds. The predicted octanol–water partition coefficient (Wildman–Crippen LogP) is 1.42. The molecular formula is C14H22N4O2. The lowest BCUT2D eigenvalue weighted by Crippen LogP contribution is -2.39. The first-order valence-corrected chi connectivity index (χ1v) is 7.51. The van der Waals surface area contributed by atoms with E-state index < -0.39 is 0 Å². The Hall–Kier alpha value is -1.43. The van der Waals surface area contributed by atoms with Crippen molar-refractivity contribution in [3.05, 3.63) is 11.7 Å². The Bertz CT molecular complexity index is 487. The molecule has 1 saturated heterocycles. The van der Waals surface area contributed by atoms with Gasteiger partial charge in [0.05, 0.1) is 6.04 Å². The topological polar surface area (TPSA) is 85.2 Å². The molecule has 20 heavy (non-hydrogen) atoms. The molecule has 3 atom stereocenters. The highest BCUT2D eigenvalue weighted by Crippen LogP contribution is 2.37. The number of carbonyl (C=O) groups is 1. The summed E-state index contributed by atoms with van der Waals surface area (Å²) in [5.74, 6) is 1.88. The van der Waals surface area contributed by atoms with Crippen molar-refractivity contribution in [2.75, 3.05) is 13.1 Å². The van der Waals surface area contributed by atoms with Crippen LogP contribution in [-0.4, -0.2) is 34.0 Å². The van der Waals surface area contributed by atoms with Gasteiger partial charge in [-0.2, -0.15) is 4.98 Å². The van der Waals surface area contributed by atoms with Gasteiger partial charge >= 0.3 is 0 Å². The van der Waals surface area contributed by atoms with Crippen LogP contribution in [0.4, 0.5) is 0 Å². The number of carbonyl (C=O) groups excluding carboxylic acids is 1. The first-order valence-electron chi connectivity index (χ1n) is 7.51. The highest BCUT2D eigenvalue weighted by atomic mass is 16.5. The van der Waals surface area contributed by atoms with Crippen molar-refractivity contribution in [2.24, 2.45) is 17.6 Å². The Kier molecular flexibility index (Phi) is 3.74. The maximum atomic E-state index is 12.8. The van der Waals surface area contributed by atoms with Crippen molar-refractivity contribution in [3.63, 3.8) is 0 Å². The standard InChI is InChI=1S/C14H22N4O2/c1-9-16-13(17-20-9)12-6-3-7-18(12)14(19)11-5-2-4-10(11)8-15/h10-12H,2-8,15H2,1H3/t10-,11-,12?/m1/s1. The van der Waals surface area contributed by atoms with Crippen LogP contribution in [0.25, 0.3) is 0 Å². The Balaban J connectivity index is 1.76. The van der Waals surface area contributed by atoms with Crippen LogP contribution < -0.4 is 5.73 Å². The predicted molar refractivity (Wildman–Crippen MR) is 72.6 cm³/mol. The van der Waals surface area contributed by atoms with Crippen LogP contribution in [0.3, 0.4) is 0 Å². The van der Waals surface area contributed by atoms with E-state index in [4.69, 9.17) is 10.3 Å². The molecule has 1 aromatic heterocycles. The van der Waals surface area contributed by atoms with Gasteiger partial charge in [0.1, 0.15) is 0 Å². The number of nitrogens with zero attached hydrogens (tertiary/aromatic N) is 3. The van der Waals surface area contributed by atoms with E-state index in [-0.39, 0.29) is 17.9 Å². The zero-order valence-electron chi connectivity index (χ0n) is 11.9. The Morgan fingerprint density at radius 1 is 1.40 bits per heavy atom. The molecule has 2 heterocycles. The van der Waals surface area contributed by atoms with E-state index in [0.717, 1.165) is 38.6 Å². The maximum absolute atomic E-state index is 12.8. The molecule has 1 aliphatic carbocycles. The zero-order chi connectivity index (χ0) is 14.1. The fourth-order valence-corrected chi connectivity index (χ4v) is 3.61. The van der Waals surface area contributed by atoms with Crippen LogP contribution >= 0.6 is 0 Å². The molecule has 6 nitrogen and oxygen atoms in total. The van der Waals surface area contributed by atoms with Gasteiger partial charge in [0.2, 0.25) is 11.8 Å². The van der Waals surface area contributed by atoms with E-state index >= 15 is 0 Å². The van der Waals surface area contributed by atoms with Crippen molar-refractivity contribution in [1.29, 1.82) is 0 Å². The molecule has 3 rings (SSSR count). The summed E-state index contributed by atoms with van der Waals surface area (Å²) in [7, 11) is 0. The maximum Gasteiger partial charge on any atom is 0.226 e. The molecule has 2 fully saturated rings. The summed E-state index contributed by atoms with van der Waals surface area (Å²) >= 11 is 0. The summed E-state index contributed by atoms with van der Waals surface area (Å²) in [6.07, 6.45) is 5.08. The van der Waals surface area contributed by atoms with Crippen LogP contribution in [0.5, 0.6) is 0 Å². The Labute approximate surface area is 118 Å². The number of likely N-dealkylation sites (tertiary alicyclic amines) is 1. The molecule has 0 aromatic carbocycles. The third-order valence-corrected chi connectivity index (χ3v) is 4.66. The fourth-order valence-electron chi connectivity index (χ4n) is 3.61. The smallest absolute Gasteiger partial charge is 0.226 e. The summed E-state index contributed by atoms with van der Waals surface area (Å²) in [5, 5.41) is 3.99. The monoisotopic (exact) mass is 278 g/mol. The van der Waals surface area contributed by atoms with Crippen molar-refractivity contribution in [3.8, 4) is 0 Å². The lowest BCUT2D eigenvalue weighted by Gasteiger charge is -2.27. The van der Waals surface area contributed by atoms with Crippen molar-refractivity contribution in [2.45, 2.75) is 45.1 Å². The first-order chi connectivity index (χ1) is 9.70. The molecule has 2 aliphatic rings. The molecule has 1 aliphatic heterocycles. The summed E-state index contributed by atoms with van der Waals surface area (Å²) in [6.45, 7) is 3.18. The number of hydrogen-bond donors (Lipinski definition) is 1. The molecule has 6 heteroatoms. The van der Waals surface area contributed by atoms with Gasteiger partial charge in [-0.15, -0.1) is 0 Å². The van der Waals surface area contributed by atoms with Gasteiger partial charge in [-0.25, -0.2) is 0 Å². The minimum Gasteiger partial charge on any atom is -0.340 e. The van der Waals surface area contributed by atoms with Gasteiger partial charge in [0.15, 0.2) is 5.82 Å². The Morgan fingerprint density at radius 3 is 2.95 bits per heavy atom. The third-order valence-electron chi connectivity index (χ3n) is 4.66. The Morgan fingerprint density at radius 2 is 2.25 bits per heavy atom. The van der Waals surface area contributed by atoms with E-state index in [1.807, 2.05) is 4.90 Å². The van der Waals surface area contributed by atoms with Gasteiger partial charge in [-0.3, -0.25) is 4.79 Å². The lowest BCUT2D eigenvalue weighted by atomic mass is 9.94.